The van der Waals surface area contributed by atoms with E-state index in [4.69, 9.17) is 4.74 Å². The second kappa shape index (κ2) is 7.29. The molecule has 1 aliphatic heterocycles. The lowest BCUT2D eigenvalue weighted by molar-refractivity contribution is 0.0948. The normalized spacial score (nSPS) is 16.9. The van der Waals surface area contributed by atoms with Crippen molar-refractivity contribution in [3.05, 3.63) is 50.1 Å². The lowest BCUT2D eigenvalue weighted by Gasteiger charge is -2.14. The van der Waals surface area contributed by atoms with Crippen molar-refractivity contribution in [3.63, 3.8) is 0 Å². The molecule has 4 rings (SSSR count). The summed E-state index contributed by atoms with van der Waals surface area (Å²) in [6, 6.07) is 1.92. The zero-order chi connectivity index (χ0) is 20.0. The van der Waals surface area contributed by atoms with Gasteiger partial charge in [-0.3, -0.25) is 14.2 Å². The van der Waals surface area contributed by atoms with Gasteiger partial charge in [-0.1, -0.05) is 0 Å². The molecule has 28 heavy (non-hydrogen) atoms. The molecule has 7 heteroatoms. The van der Waals surface area contributed by atoms with E-state index in [1.165, 1.54) is 22.2 Å². The molecule has 0 unspecified atom stereocenters. The van der Waals surface area contributed by atoms with Gasteiger partial charge in [0.1, 0.15) is 4.83 Å². The highest BCUT2D eigenvalue weighted by molar-refractivity contribution is 7.18. The number of hydrogen-bond acceptors (Lipinski definition) is 5. The molecule has 3 aromatic rings. The van der Waals surface area contributed by atoms with Crippen LogP contribution in [0.4, 0.5) is 0 Å². The van der Waals surface area contributed by atoms with Crippen LogP contribution in [-0.4, -0.2) is 32.6 Å². The topological polar surface area (TPSA) is 66.1 Å². The van der Waals surface area contributed by atoms with Crippen LogP contribution in [0.5, 0.6) is 0 Å². The summed E-state index contributed by atoms with van der Waals surface area (Å²) < 4.78 is 9.32. The number of rotatable bonds is 5. The number of hydrogen-bond donors (Lipinski definition) is 0. The number of aromatic nitrogens is 3. The SMILES string of the molecule is Cc1sc2ncn(CC(=O)c3cc(C)n(C[C@H]4CCCO4)c3C)c(=O)c2c1C. The molecule has 3 aromatic heterocycles. The van der Waals surface area contributed by atoms with Crippen LogP contribution in [-0.2, 0) is 17.8 Å². The van der Waals surface area contributed by atoms with E-state index in [1.54, 1.807) is 0 Å². The molecule has 1 aliphatic rings. The molecular formula is C21H25N3O3S. The van der Waals surface area contributed by atoms with Crippen LogP contribution < -0.4 is 5.56 Å². The Morgan fingerprint density at radius 3 is 2.82 bits per heavy atom. The first-order valence-corrected chi connectivity index (χ1v) is 10.4. The molecule has 0 radical (unpaired) electrons. The summed E-state index contributed by atoms with van der Waals surface area (Å²) in [5, 5.41) is 0.627. The summed E-state index contributed by atoms with van der Waals surface area (Å²) in [7, 11) is 0. The number of thiophene rings is 1. The van der Waals surface area contributed by atoms with E-state index in [0.717, 1.165) is 52.7 Å². The van der Waals surface area contributed by atoms with Gasteiger partial charge in [-0.2, -0.15) is 0 Å². The highest BCUT2D eigenvalue weighted by atomic mass is 32.1. The molecule has 0 bridgehead atoms. The molecule has 0 aromatic carbocycles. The molecule has 148 valence electrons. The highest BCUT2D eigenvalue weighted by Gasteiger charge is 2.22. The number of fused-ring (bicyclic) bond motifs is 1. The van der Waals surface area contributed by atoms with Crippen LogP contribution in [0, 0.1) is 27.7 Å². The van der Waals surface area contributed by atoms with Gasteiger partial charge in [0, 0.05) is 35.0 Å². The summed E-state index contributed by atoms with van der Waals surface area (Å²) in [5.74, 6) is -0.0699. The third kappa shape index (κ3) is 3.22. The predicted molar refractivity (Wildman–Crippen MR) is 111 cm³/mol. The Morgan fingerprint density at radius 1 is 1.32 bits per heavy atom. The quantitative estimate of drug-likeness (QED) is 0.616. The number of aryl methyl sites for hydroxylation is 3. The number of nitrogens with zero attached hydrogens (tertiary/aromatic N) is 3. The maximum absolute atomic E-state index is 13.0. The standard InChI is InChI=1S/C21H25N3O3S/c1-12-8-17(14(3)24(12)9-16-6-5-7-27-16)18(25)10-23-11-22-20-19(21(23)26)13(2)15(4)28-20/h8,11,16H,5-7,9-10H2,1-4H3/t16-/m1/s1. The fourth-order valence-electron chi connectivity index (χ4n) is 3.98. The first-order valence-electron chi connectivity index (χ1n) is 9.63. The van der Waals surface area contributed by atoms with Crippen LogP contribution in [0.2, 0.25) is 0 Å². The van der Waals surface area contributed by atoms with Gasteiger partial charge in [-0.25, -0.2) is 4.98 Å². The fraction of sp³-hybridized carbons (Fsp3) is 0.476. The maximum Gasteiger partial charge on any atom is 0.262 e. The first-order chi connectivity index (χ1) is 13.4. The van der Waals surface area contributed by atoms with Crippen LogP contribution in [0.25, 0.3) is 10.2 Å². The van der Waals surface area contributed by atoms with E-state index in [0.29, 0.717) is 10.9 Å². The Hall–Kier alpha value is -2.25. The van der Waals surface area contributed by atoms with E-state index >= 15 is 0 Å². The number of ketones is 1. The van der Waals surface area contributed by atoms with E-state index < -0.39 is 0 Å². The lowest BCUT2D eigenvalue weighted by Crippen LogP contribution is -2.25. The van der Waals surface area contributed by atoms with Crippen molar-refractivity contribution in [2.75, 3.05) is 6.61 Å². The highest BCUT2D eigenvalue weighted by Crippen LogP contribution is 2.25. The smallest absolute Gasteiger partial charge is 0.262 e. The summed E-state index contributed by atoms with van der Waals surface area (Å²) in [4.78, 5) is 32.1. The maximum atomic E-state index is 13.0. The second-order valence-electron chi connectivity index (χ2n) is 7.59. The Bertz CT molecular complexity index is 1120. The van der Waals surface area contributed by atoms with Crippen molar-refractivity contribution in [3.8, 4) is 0 Å². The third-order valence-electron chi connectivity index (χ3n) is 5.75. The summed E-state index contributed by atoms with van der Waals surface area (Å²) in [6.45, 7) is 9.48. The van der Waals surface area contributed by atoms with Crippen molar-refractivity contribution in [1.82, 2.24) is 14.1 Å². The predicted octanol–water partition coefficient (Wildman–Crippen LogP) is 3.56. The Morgan fingerprint density at radius 2 is 2.11 bits per heavy atom. The zero-order valence-corrected chi connectivity index (χ0v) is 17.6. The average Bonchev–Trinajstić information content (AvgIpc) is 3.34. The lowest BCUT2D eigenvalue weighted by atomic mass is 10.1. The largest absolute Gasteiger partial charge is 0.376 e. The molecule has 0 N–H and O–H groups in total. The van der Waals surface area contributed by atoms with Gasteiger partial charge in [0.25, 0.3) is 5.56 Å². The Balaban J connectivity index is 1.62. The van der Waals surface area contributed by atoms with Crippen LogP contribution >= 0.6 is 11.3 Å². The summed E-state index contributed by atoms with van der Waals surface area (Å²) >= 11 is 1.52. The molecule has 1 saturated heterocycles. The van der Waals surface area contributed by atoms with Crippen LogP contribution in [0.3, 0.4) is 0 Å². The average molecular weight is 400 g/mol. The minimum absolute atomic E-state index is 0.000327. The number of ether oxygens (including phenoxy) is 1. The molecule has 0 saturated carbocycles. The molecule has 0 amide bonds. The van der Waals surface area contributed by atoms with E-state index in [1.807, 2.05) is 33.8 Å². The summed E-state index contributed by atoms with van der Waals surface area (Å²) in [5.41, 5.74) is 3.45. The minimum atomic E-state index is -0.145. The molecule has 1 atom stereocenters. The van der Waals surface area contributed by atoms with E-state index in [9.17, 15) is 9.59 Å². The van der Waals surface area contributed by atoms with Crippen molar-refractivity contribution in [1.29, 1.82) is 0 Å². The molecular weight excluding hydrogens is 374 g/mol. The monoisotopic (exact) mass is 399 g/mol. The van der Waals surface area contributed by atoms with Crippen molar-refractivity contribution in [2.24, 2.45) is 0 Å². The molecule has 6 nitrogen and oxygen atoms in total. The second-order valence-corrected chi connectivity index (χ2v) is 8.80. The van der Waals surface area contributed by atoms with Gasteiger partial charge < -0.3 is 9.30 Å². The Labute approximate surface area is 167 Å². The zero-order valence-electron chi connectivity index (χ0n) is 16.7. The third-order valence-corrected chi connectivity index (χ3v) is 6.87. The molecule has 0 aliphatic carbocycles. The van der Waals surface area contributed by atoms with Gasteiger partial charge in [0.15, 0.2) is 5.78 Å². The van der Waals surface area contributed by atoms with Crippen LogP contribution in [0.1, 0.15) is 45.0 Å². The van der Waals surface area contributed by atoms with E-state index in [2.05, 4.69) is 9.55 Å². The molecule has 4 heterocycles. The van der Waals surface area contributed by atoms with E-state index in [-0.39, 0.29) is 24.0 Å². The van der Waals surface area contributed by atoms with Crippen LogP contribution in [0.15, 0.2) is 17.2 Å². The Kier molecular flexibility index (Phi) is 4.97. The number of carbonyl (C=O) groups is 1. The van der Waals surface area contributed by atoms with Crippen molar-refractivity contribution < 1.29 is 9.53 Å². The fourth-order valence-corrected chi connectivity index (χ4v) is 4.97. The number of Topliss-reactive ketones (excluding diaryl/α,β-unsaturated/α-hetero) is 1. The summed E-state index contributed by atoms with van der Waals surface area (Å²) in [6.07, 6.45) is 3.85. The first kappa shape index (κ1) is 19.1. The van der Waals surface area contributed by atoms with Gasteiger partial charge >= 0.3 is 0 Å². The van der Waals surface area contributed by atoms with Crippen molar-refractivity contribution in [2.45, 2.75) is 59.7 Å². The molecule has 1 fully saturated rings. The van der Waals surface area contributed by atoms with Gasteiger partial charge in [-0.15, -0.1) is 11.3 Å². The van der Waals surface area contributed by atoms with Crippen molar-refractivity contribution >= 4 is 27.3 Å². The number of carbonyl (C=O) groups excluding carboxylic acids is 1. The van der Waals surface area contributed by atoms with Gasteiger partial charge in [-0.05, 0) is 52.2 Å². The molecule has 0 spiro atoms. The van der Waals surface area contributed by atoms with Gasteiger partial charge in [0.05, 0.1) is 24.4 Å². The van der Waals surface area contributed by atoms with Gasteiger partial charge in [0.2, 0.25) is 0 Å². The minimum Gasteiger partial charge on any atom is -0.376 e.